The van der Waals surface area contributed by atoms with Crippen LogP contribution in [0, 0.1) is 11.3 Å². The third-order valence-electron chi connectivity index (χ3n) is 2.77. The van der Waals surface area contributed by atoms with E-state index in [1.54, 1.807) is 10.6 Å². The second kappa shape index (κ2) is 4.50. The summed E-state index contributed by atoms with van der Waals surface area (Å²) in [4.78, 5) is 2.05. The maximum absolute atomic E-state index is 13.0. The molecule has 0 saturated heterocycles. The van der Waals surface area contributed by atoms with E-state index in [0.29, 0.717) is 18.8 Å². The van der Waals surface area contributed by atoms with Gasteiger partial charge in [-0.25, -0.2) is 4.39 Å². The minimum absolute atomic E-state index is 0.0531. The first-order valence-electron chi connectivity index (χ1n) is 5.31. The van der Waals surface area contributed by atoms with Crippen LogP contribution in [0.1, 0.15) is 17.7 Å². The fourth-order valence-corrected chi connectivity index (χ4v) is 1.98. The van der Waals surface area contributed by atoms with Gasteiger partial charge in [-0.3, -0.25) is 4.90 Å². The normalized spacial score (nSPS) is 16.9. The molecule has 0 radical (unpaired) electrons. The highest BCUT2D eigenvalue weighted by Gasteiger charge is 2.13. The third kappa shape index (κ3) is 2.31. The predicted octanol–water partition coefficient (Wildman–Crippen LogP) is 1.96. The van der Waals surface area contributed by atoms with Gasteiger partial charge in [0, 0.05) is 26.3 Å². The lowest BCUT2D eigenvalue weighted by atomic mass is 10.2. The Kier molecular flexibility index (Phi) is 3.07. The first kappa shape index (κ1) is 10.9. The van der Waals surface area contributed by atoms with Crippen molar-refractivity contribution in [1.82, 2.24) is 9.47 Å². The summed E-state index contributed by atoms with van der Waals surface area (Å²) in [7, 11) is 1.85. The Morgan fingerprint density at radius 2 is 2.38 bits per heavy atom. The molecule has 2 heterocycles. The Morgan fingerprint density at radius 3 is 3.00 bits per heavy atom. The van der Waals surface area contributed by atoms with Gasteiger partial charge in [-0.2, -0.15) is 5.26 Å². The van der Waals surface area contributed by atoms with Crippen LogP contribution in [0.2, 0.25) is 0 Å². The van der Waals surface area contributed by atoms with Crippen LogP contribution in [-0.4, -0.2) is 22.6 Å². The summed E-state index contributed by atoms with van der Waals surface area (Å²) >= 11 is 0. The van der Waals surface area contributed by atoms with Crippen molar-refractivity contribution in [2.24, 2.45) is 7.05 Å². The van der Waals surface area contributed by atoms with E-state index in [4.69, 9.17) is 5.26 Å². The summed E-state index contributed by atoms with van der Waals surface area (Å²) in [5.41, 5.74) is 1.71. The van der Waals surface area contributed by atoms with Gasteiger partial charge in [0.25, 0.3) is 0 Å². The van der Waals surface area contributed by atoms with E-state index in [9.17, 15) is 4.39 Å². The van der Waals surface area contributed by atoms with Crippen molar-refractivity contribution in [3.8, 4) is 6.07 Å². The van der Waals surface area contributed by atoms with E-state index in [0.717, 1.165) is 18.5 Å². The molecule has 0 fully saturated rings. The number of rotatable bonds is 2. The van der Waals surface area contributed by atoms with Crippen LogP contribution >= 0.6 is 0 Å². The number of halogens is 1. The highest BCUT2D eigenvalue weighted by molar-refractivity contribution is 5.28. The van der Waals surface area contributed by atoms with Crippen molar-refractivity contribution in [3.05, 3.63) is 35.4 Å². The molecule has 0 spiro atoms. The fraction of sp³-hybridized carbons (Fsp3) is 0.417. The van der Waals surface area contributed by atoms with E-state index < -0.39 is 0 Å². The lowest BCUT2D eigenvalue weighted by Gasteiger charge is -2.23. The average molecular weight is 219 g/mol. The number of nitrogens with zero attached hydrogens (tertiary/aromatic N) is 3. The topological polar surface area (TPSA) is 32.0 Å². The van der Waals surface area contributed by atoms with Gasteiger partial charge >= 0.3 is 0 Å². The van der Waals surface area contributed by atoms with E-state index in [2.05, 4.69) is 6.07 Å². The molecule has 0 unspecified atom stereocenters. The first-order valence-corrected chi connectivity index (χ1v) is 5.31. The van der Waals surface area contributed by atoms with Crippen molar-refractivity contribution in [3.63, 3.8) is 0 Å². The zero-order valence-electron chi connectivity index (χ0n) is 9.28. The molecular formula is C12H14FN3. The number of aromatic nitrogens is 1. The number of nitriles is 1. The smallest absolute Gasteiger partial charge is 0.120 e. The largest absolute Gasteiger partial charge is 0.342 e. The van der Waals surface area contributed by atoms with Gasteiger partial charge in [0.05, 0.1) is 6.54 Å². The molecule has 1 aliphatic rings. The van der Waals surface area contributed by atoms with Crippen molar-refractivity contribution >= 4 is 0 Å². The lowest BCUT2D eigenvalue weighted by molar-refractivity contribution is 0.259. The molecule has 3 nitrogen and oxygen atoms in total. The molecule has 4 heteroatoms. The SMILES string of the molecule is Cn1cc(CN2CCC=C(F)C2)cc1C#N. The quantitative estimate of drug-likeness (QED) is 0.761. The van der Waals surface area contributed by atoms with Gasteiger partial charge in [0.15, 0.2) is 0 Å². The highest BCUT2D eigenvalue weighted by Crippen LogP contribution is 2.15. The maximum atomic E-state index is 13.0. The van der Waals surface area contributed by atoms with E-state index >= 15 is 0 Å². The molecular weight excluding hydrogens is 205 g/mol. The Labute approximate surface area is 94.4 Å². The highest BCUT2D eigenvalue weighted by atomic mass is 19.1. The van der Waals surface area contributed by atoms with Crippen LogP contribution in [0.5, 0.6) is 0 Å². The molecule has 0 aromatic carbocycles. The van der Waals surface area contributed by atoms with Gasteiger partial charge in [0.1, 0.15) is 17.6 Å². The molecule has 0 aliphatic carbocycles. The first-order chi connectivity index (χ1) is 7.69. The molecule has 1 aromatic rings. The van der Waals surface area contributed by atoms with Gasteiger partial charge in [-0.05, 0) is 18.1 Å². The van der Waals surface area contributed by atoms with Crippen molar-refractivity contribution in [1.29, 1.82) is 5.26 Å². The third-order valence-corrected chi connectivity index (χ3v) is 2.77. The molecule has 84 valence electrons. The lowest BCUT2D eigenvalue weighted by Crippen LogP contribution is -2.28. The average Bonchev–Trinajstić information content (AvgIpc) is 2.58. The molecule has 16 heavy (non-hydrogen) atoms. The molecule has 0 N–H and O–H groups in total. The summed E-state index contributed by atoms with van der Waals surface area (Å²) in [5.74, 6) is -0.0531. The second-order valence-corrected chi connectivity index (χ2v) is 4.11. The summed E-state index contributed by atoms with van der Waals surface area (Å²) in [5, 5.41) is 8.83. The standard InChI is InChI=1S/C12H14FN3/c1-15-7-10(5-12(15)6-14)8-16-4-2-3-11(13)9-16/h3,5,7H,2,4,8-9H2,1H3. The Hall–Kier alpha value is -1.60. The Morgan fingerprint density at radius 1 is 1.56 bits per heavy atom. The zero-order chi connectivity index (χ0) is 11.5. The summed E-state index contributed by atoms with van der Waals surface area (Å²) in [6.45, 7) is 1.97. The van der Waals surface area contributed by atoms with Crippen LogP contribution in [-0.2, 0) is 13.6 Å². The molecule has 1 aliphatic heterocycles. The van der Waals surface area contributed by atoms with Crippen molar-refractivity contribution < 1.29 is 4.39 Å². The summed E-state index contributed by atoms with van der Waals surface area (Å²) in [6.07, 6.45) is 4.33. The van der Waals surface area contributed by atoms with Gasteiger partial charge in [-0.1, -0.05) is 6.08 Å². The van der Waals surface area contributed by atoms with Crippen LogP contribution in [0.25, 0.3) is 0 Å². The second-order valence-electron chi connectivity index (χ2n) is 4.11. The Balaban J connectivity index is 2.04. The fourth-order valence-electron chi connectivity index (χ4n) is 1.98. The molecule has 0 bridgehead atoms. The molecule has 0 amide bonds. The number of hydrogen-bond donors (Lipinski definition) is 0. The predicted molar refractivity (Wildman–Crippen MR) is 59.2 cm³/mol. The molecule has 0 saturated carbocycles. The van der Waals surface area contributed by atoms with Crippen LogP contribution in [0.3, 0.4) is 0 Å². The van der Waals surface area contributed by atoms with Gasteiger partial charge in [0.2, 0.25) is 0 Å². The van der Waals surface area contributed by atoms with Crippen LogP contribution in [0.15, 0.2) is 24.2 Å². The summed E-state index contributed by atoms with van der Waals surface area (Å²) < 4.78 is 14.8. The van der Waals surface area contributed by atoms with Gasteiger partial charge < -0.3 is 4.57 Å². The van der Waals surface area contributed by atoms with E-state index in [1.807, 2.05) is 24.2 Å². The Bertz CT molecular complexity index is 453. The zero-order valence-corrected chi connectivity index (χ0v) is 9.28. The van der Waals surface area contributed by atoms with Crippen LogP contribution in [0.4, 0.5) is 4.39 Å². The van der Waals surface area contributed by atoms with Crippen molar-refractivity contribution in [2.45, 2.75) is 13.0 Å². The van der Waals surface area contributed by atoms with E-state index in [-0.39, 0.29) is 5.83 Å². The molecule has 1 aromatic heterocycles. The molecule has 2 rings (SSSR count). The number of hydrogen-bond acceptors (Lipinski definition) is 2. The van der Waals surface area contributed by atoms with Gasteiger partial charge in [-0.15, -0.1) is 0 Å². The van der Waals surface area contributed by atoms with E-state index in [1.165, 1.54) is 0 Å². The monoisotopic (exact) mass is 219 g/mol. The summed E-state index contributed by atoms with van der Waals surface area (Å²) in [6, 6.07) is 3.98. The number of aryl methyl sites for hydroxylation is 1. The minimum atomic E-state index is -0.0531. The minimum Gasteiger partial charge on any atom is -0.342 e. The molecule has 0 atom stereocenters. The maximum Gasteiger partial charge on any atom is 0.120 e. The van der Waals surface area contributed by atoms with Crippen molar-refractivity contribution in [2.75, 3.05) is 13.1 Å². The van der Waals surface area contributed by atoms with Crippen LogP contribution < -0.4 is 0 Å².